The van der Waals surface area contributed by atoms with Gasteiger partial charge in [0.1, 0.15) is 0 Å². The number of hydrogen-bond acceptors (Lipinski definition) is 2. The Morgan fingerprint density at radius 3 is 2.76 bits per heavy atom. The Morgan fingerprint density at radius 1 is 1.35 bits per heavy atom. The highest BCUT2D eigenvalue weighted by Gasteiger charge is 2.20. The summed E-state index contributed by atoms with van der Waals surface area (Å²) in [5, 5.41) is 8.78. The van der Waals surface area contributed by atoms with Gasteiger partial charge in [0.15, 0.2) is 5.17 Å². The van der Waals surface area contributed by atoms with Crippen LogP contribution in [0.1, 0.15) is 37.3 Å². The lowest BCUT2D eigenvalue weighted by molar-refractivity contribution is 0.841. The molecule has 0 aliphatic carbocycles. The zero-order valence-electron chi connectivity index (χ0n) is 10.8. The van der Waals surface area contributed by atoms with E-state index in [9.17, 15) is 0 Å². The third-order valence-corrected chi connectivity index (χ3v) is 4.10. The molecule has 0 radical (unpaired) electrons. The van der Waals surface area contributed by atoms with Crippen molar-refractivity contribution in [3.8, 4) is 0 Å². The molecule has 2 rings (SSSR count). The summed E-state index contributed by atoms with van der Waals surface area (Å²) in [5.74, 6) is 1.59. The molecule has 2 nitrogen and oxygen atoms in total. The Morgan fingerprint density at radius 2 is 2.12 bits per heavy atom. The van der Waals surface area contributed by atoms with E-state index in [4.69, 9.17) is 5.41 Å². The molecular formula is C14H20N2S. The molecule has 1 N–H and O–H groups in total. The van der Waals surface area contributed by atoms with Crippen LogP contribution in [-0.2, 0) is 0 Å². The number of nitrogens with one attached hydrogen (secondary N) is 1. The van der Waals surface area contributed by atoms with Gasteiger partial charge < -0.3 is 4.90 Å². The number of rotatable bonds is 2. The highest BCUT2D eigenvalue weighted by molar-refractivity contribution is 8.14. The predicted molar refractivity (Wildman–Crippen MR) is 77.4 cm³/mol. The van der Waals surface area contributed by atoms with Crippen molar-refractivity contribution >= 4 is 22.6 Å². The number of thioether (sulfide) groups is 1. The quantitative estimate of drug-likeness (QED) is 0.856. The van der Waals surface area contributed by atoms with E-state index in [1.165, 1.54) is 23.2 Å². The molecule has 17 heavy (non-hydrogen) atoms. The van der Waals surface area contributed by atoms with E-state index in [0.29, 0.717) is 11.1 Å². The molecular weight excluding hydrogens is 228 g/mol. The number of nitrogens with zero attached hydrogens (tertiary/aromatic N) is 1. The van der Waals surface area contributed by atoms with Crippen LogP contribution in [0.5, 0.6) is 0 Å². The first-order chi connectivity index (χ1) is 8.09. The van der Waals surface area contributed by atoms with Crippen LogP contribution in [0, 0.1) is 12.3 Å². The second-order valence-electron chi connectivity index (χ2n) is 4.88. The number of aryl methyl sites for hydroxylation is 1. The van der Waals surface area contributed by atoms with Crippen LogP contribution in [0.3, 0.4) is 0 Å². The SMILES string of the molecule is Cc1ccc(C(C)C)c(N2CCCSC2=N)c1. The Labute approximate surface area is 108 Å². The molecule has 1 fully saturated rings. The van der Waals surface area contributed by atoms with Gasteiger partial charge in [0.05, 0.1) is 0 Å². The third-order valence-electron chi connectivity index (χ3n) is 3.11. The topological polar surface area (TPSA) is 27.1 Å². The Hall–Kier alpha value is -0.960. The van der Waals surface area contributed by atoms with Gasteiger partial charge in [0.25, 0.3) is 0 Å². The van der Waals surface area contributed by atoms with Crippen molar-refractivity contribution in [2.24, 2.45) is 0 Å². The molecule has 3 heteroatoms. The van der Waals surface area contributed by atoms with E-state index in [-0.39, 0.29) is 0 Å². The van der Waals surface area contributed by atoms with Crippen LogP contribution in [0.2, 0.25) is 0 Å². The monoisotopic (exact) mass is 248 g/mol. The first-order valence-corrected chi connectivity index (χ1v) is 7.17. The van der Waals surface area contributed by atoms with Gasteiger partial charge in [-0.2, -0.15) is 0 Å². The second kappa shape index (κ2) is 5.13. The molecule has 0 saturated carbocycles. The molecule has 0 atom stereocenters. The highest BCUT2D eigenvalue weighted by Crippen LogP contribution is 2.32. The summed E-state index contributed by atoms with van der Waals surface area (Å²) in [4.78, 5) is 2.16. The van der Waals surface area contributed by atoms with Gasteiger partial charge in [0.2, 0.25) is 0 Å². The molecule has 1 heterocycles. The maximum atomic E-state index is 8.08. The van der Waals surface area contributed by atoms with Gasteiger partial charge in [0, 0.05) is 18.0 Å². The zero-order chi connectivity index (χ0) is 12.4. The largest absolute Gasteiger partial charge is 0.321 e. The van der Waals surface area contributed by atoms with Gasteiger partial charge in [-0.1, -0.05) is 37.7 Å². The highest BCUT2D eigenvalue weighted by atomic mass is 32.2. The van der Waals surface area contributed by atoms with Crippen LogP contribution >= 0.6 is 11.8 Å². The van der Waals surface area contributed by atoms with E-state index < -0.39 is 0 Å². The van der Waals surface area contributed by atoms with Gasteiger partial charge in [-0.3, -0.25) is 5.41 Å². The fraction of sp³-hybridized carbons (Fsp3) is 0.500. The van der Waals surface area contributed by atoms with E-state index in [0.717, 1.165) is 12.3 Å². The molecule has 0 spiro atoms. The molecule has 1 aliphatic heterocycles. The lowest BCUT2D eigenvalue weighted by atomic mass is 9.98. The van der Waals surface area contributed by atoms with Crippen LogP contribution in [0.15, 0.2) is 18.2 Å². The van der Waals surface area contributed by atoms with Crippen LogP contribution in [0.25, 0.3) is 0 Å². The van der Waals surface area contributed by atoms with Crippen molar-refractivity contribution < 1.29 is 0 Å². The molecule has 0 amide bonds. The molecule has 0 aromatic heterocycles. The summed E-state index contributed by atoms with van der Waals surface area (Å²) >= 11 is 1.66. The standard InChI is InChI=1S/C14H20N2S/c1-10(2)12-6-5-11(3)9-13(12)16-7-4-8-17-14(16)15/h5-6,9-10,15H,4,7-8H2,1-3H3. The molecule has 0 unspecified atom stereocenters. The fourth-order valence-corrected chi connectivity index (χ4v) is 2.99. The summed E-state index contributed by atoms with van der Waals surface area (Å²) in [6, 6.07) is 6.59. The third kappa shape index (κ3) is 2.65. The van der Waals surface area contributed by atoms with Crippen molar-refractivity contribution in [1.29, 1.82) is 5.41 Å². The normalized spacial score (nSPS) is 16.7. The van der Waals surface area contributed by atoms with E-state index in [1.807, 2.05) is 0 Å². The van der Waals surface area contributed by atoms with Gasteiger partial charge in [-0.15, -0.1) is 0 Å². The fourth-order valence-electron chi connectivity index (χ4n) is 2.18. The van der Waals surface area contributed by atoms with Crippen molar-refractivity contribution in [1.82, 2.24) is 0 Å². The molecule has 92 valence electrons. The van der Waals surface area contributed by atoms with Crippen LogP contribution in [0.4, 0.5) is 5.69 Å². The Balaban J connectivity index is 2.41. The van der Waals surface area contributed by atoms with Gasteiger partial charge in [-0.25, -0.2) is 0 Å². The Kier molecular flexibility index (Phi) is 3.77. The zero-order valence-corrected chi connectivity index (χ0v) is 11.6. The van der Waals surface area contributed by atoms with Crippen LogP contribution < -0.4 is 4.90 Å². The number of hydrogen-bond donors (Lipinski definition) is 1. The molecule has 1 saturated heterocycles. The maximum Gasteiger partial charge on any atom is 0.160 e. The second-order valence-corrected chi connectivity index (χ2v) is 5.96. The van der Waals surface area contributed by atoms with Crippen molar-refractivity contribution in [3.63, 3.8) is 0 Å². The van der Waals surface area contributed by atoms with Gasteiger partial charge in [-0.05, 0) is 36.5 Å². The van der Waals surface area contributed by atoms with E-state index in [1.54, 1.807) is 11.8 Å². The van der Waals surface area contributed by atoms with Crippen LogP contribution in [-0.4, -0.2) is 17.5 Å². The number of amidine groups is 1. The minimum atomic E-state index is 0.505. The molecule has 1 aliphatic rings. The summed E-state index contributed by atoms with van der Waals surface area (Å²) in [5.41, 5.74) is 3.85. The van der Waals surface area contributed by atoms with Crippen molar-refractivity contribution in [3.05, 3.63) is 29.3 Å². The Bertz CT molecular complexity index is 426. The minimum absolute atomic E-state index is 0.505. The lowest BCUT2D eigenvalue weighted by Gasteiger charge is -2.31. The lowest BCUT2D eigenvalue weighted by Crippen LogP contribution is -2.34. The summed E-state index contributed by atoms with van der Waals surface area (Å²) < 4.78 is 0. The van der Waals surface area contributed by atoms with E-state index in [2.05, 4.69) is 43.9 Å². The first-order valence-electron chi connectivity index (χ1n) is 6.19. The smallest absolute Gasteiger partial charge is 0.160 e. The number of anilines is 1. The van der Waals surface area contributed by atoms with Crippen molar-refractivity contribution in [2.45, 2.75) is 33.1 Å². The predicted octanol–water partition coefficient (Wildman–Crippen LogP) is 4.00. The van der Waals surface area contributed by atoms with Crippen molar-refractivity contribution in [2.75, 3.05) is 17.2 Å². The summed E-state index contributed by atoms with van der Waals surface area (Å²) in [7, 11) is 0. The summed E-state index contributed by atoms with van der Waals surface area (Å²) in [6.45, 7) is 7.53. The summed E-state index contributed by atoms with van der Waals surface area (Å²) in [6.07, 6.45) is 1.17. The molecule has 1 aromatic carbocycles. The first kappa shape index (κ1) is 12.5. The van der Waals surface area contributed by atoms with Gasteiger partial charge >= 0.3 is 0 Å². The number of benzene rings is 1. The average Bonchev–Trinajstić information content (AvgIpc) is 2.29. The maximum absolute atomic E-state index is 8.08. The molecule has 0 bridgehead atoms. The van der Waals surface area contributed by atoms with E-state index >= 15 is 0 Å². The average molecular weight is 248 g/mol. The minimum Gasteiger partial charge on any atom is -0.321 e. The molecule has 1 aromatic rings.